The molecule has 0 fully saturated rings. The summed E-state index contributed by atoms with van der Waals surface area (Å²) in [7, 11) is 0. The van der Waals surface area contributed by atoms with Gasteiger partial charge in [0, 0.05) is 6.07 Å². The fourth-order valence-corrected chi connectivity index (χ4v) is 1.71. The van der Waals surface area contributed by atoms with Gasteiger partial charge in [-0.3, -0.25) is 4.79 Å². The molecule has 0 atom stereocenters. The van der Waals surface area contributed by atoms with Crippen LogP contribution in [0.3, 0.4) is 0 Å². The minimum absolute atomic E-state index is 0.0808. The van der Waals surface area contributed by atoms with Gasteiger partial charge >= 0.3 is 0 Å². The molecule has 0 aliphatic carbocycles. The molecule has 0 aromatic heterocycles. The number of benzene rings is 2. The van der Waals surface area contributed by atoms with E-state index in [2.05, 4.69) is 0 Å². The second kappa shape index (κ2) is 5.46. The average molecular weight is 288 g/mol. The van der Waals surface area contributed by atoms with Crippen molar-refractivity contribution in [3.63, 3.8) is 0 Å². The summed E-state index contributed by atoms with van der Waals surface area (Å²) in [6.45, 7) is 0. The van der Waals surface area contributed by atoms with Crippen molar-refractivity contribution < 1.29 is 30.3 Å². The van der Waals surface area contributed by atoms with E-state index >= 15 is 0 Å². The van der Waals surface area contributed by atoms with Gasteiger partial charge in [-0.25, -0.2) is 0 Å². The van der Waals surface area contributed by atoms with Crippen LogP contribution in [-0.4, -0.2) is 31.3 Å². The van der Waals surface area contributed by atoms with E-state index in [-0.39, 0.29) is 5.75 Å². The summed E-state index contributed by atoms with van der Waals surface area (Å²) in [5, 5.41) is 46.9. The van der Waals surface area contributed by atoms with Gasteiger partial charge in [-0.05, 0) is 23.8 Å². The van der Waals surface area contributed by atoms with E-state index in [4.69, 9.17) is 5.11 Å². The van der Waals surface area contributed by atoms with Crippen molar-refractivity contribution >= 4 is 11.9 Å². The quantitative estimate of drug-likeness (QED) is 0.255. The first-order valence-electron chi connectivity index (χ1n) is 5.88. The lowest BCUT2D eigenvalue weighted by atomic mass is 10.1. The highest BCUT2D eigenvalue weighted by molar-refractivity contribution is 6.11. The number of ketones is 1. The zero-order chi connectivity index (χ0) is 15.6. The van der Waals surface area contributed by atoms with Crippen molar-refractivity contribution in [1.29, 1.82) is 0 Å². The van der Waals surface area contributed by atoms with Gasteiger partial charge in [0.15, 0.2) is 17.3 Å². The Morgan fingerprint density at radius 1 is 0.857 bits per heavy atom. The number of aromatic hydroxyl groups is 5. The van der Waals surface area contributed by atoms with E-state index in [1.54, 1.807) is 12.1 Å². The summed E-state index contributed by atoms with van der Waals surface area (Å²) in [5.74, 6) is -3.83. The zero-order valence-corrected chi connectivity index (χ0v) is 10.7. The minimum atomic E-state index is -0.896. The van der Waals surface area contributed by atoms with Gasteiger partial charge in [0.05, 0.1) is 0 Å². The smallest absolute Gasteiger partial charge is 0.201 e. The number of phenolic OH excluding ortho intramolecular Hbond substituents is 5. The third kappa shape index (κ3) is 2.89. The van der Waals surface area contributed by atoms with Crippen molar-refractivity contribution in [3.05, 3.63) is 47.5 Å². The molecule has 0 saturated carbocycles. The third-order valence-corrected chi connectivity index (χ3v) is 2.80. The average Bonchev–Trinajstić information content (AvgIpc) is 2.44. The van der Waals surface area contributed by atoms with E-state index in [1.807, 2.05) is 0 Å². The lowest BCUT2D eigenvalue weighted by Gasteiger charge is -2.07. The molecule has 0 bridgehead atoms. The highest BCUT2D eigenvalue weighted by Gasteiger charge is 2.20. The molecule has 5 N–H and O–H groups in total. The van der Waals surface area contributed by atoms with E-state index in [0.717, 1.165) is 12.1 Å². The molecule has 21 heavy (non-hydrogen) atoms. The molecule has 2 aromatic rings. The molecule has 0 amide bonds. The maximum Gasteiger partial charge on any atom is 0.201 e. The van der Waals surface area contributed by atoms with Gasteiger partial charge < -0.3 is 25.5 Å². The number of allylic oxidation sites excluding steroid dienone is 1. The highest BCUT2D eigenvalue weighted by Crippen LogP contribution is 2.42. The van der Waals surface area contributed by atoms with Crippen LogP contribution in [0.5, 0.6) is 28.7 Å². The van der Waals surface area contributed by atoms with Crippen LogP contribution in [0.4, 0.5) is 0 Å². The number of carbonyl (C=O) groups excluding carboxylic acids is 1. The molecule has 0 spiro atoms. The van der Waals surface area contributed by atoms with Crippen LogP contribution in [0.1, 0.15) is 15.9 Å². The molecule has 6 heteroatoms. The summed E-state index contributed by atoms with van der Waals surface area (Å²) >= 11 is 0. The molecule has 108 valence electrons. The molecule has 0 aliphatic heterocycles. The summed E-state index contributed by atoms with van der Waals surface area (Å²) in [6.07, 6.45) is 2.49. The van der Waals surface area contributed by atoms with Crippen LogP contribution in [0.15, 0.2) is 36.4 Å². The van der Waals surface area contributed by atoms with Gasteiger partial charge in [0.1, 0.15) is 17.1 Å². The number of rotatable bonds is 3. The monoisotopic (exact) mass is 288 g/mol. The standard InChI is InChI=1S/C15H12O6/c16-9-4-1-8(2-5-9)3-6-10(17)13-11(18)7-12(19)14(20)15(13)21/h1-7,16,18-21H. The second-order valence-electron chi connectivity index (χ2n) is 4.28. The first-order chi connectivity index (χ1) is 9.90. The van der Waals surface area contributed by atoms with Crippen molar-refractivity contribution in [3.8, 4) is 28.7 Å². The van der Waals surface area contributed by atoms with Crippen LogP contribution in [0.2, 0.25) is 0 Å². The largest absolute Gasteiger partial charge is 0.508 e. The van der Waals surface area contributed by atoms with Crippen LogP contribution in [0, 0.1) is 0 Å². The van der Waals surface area contributed by atoms with E-state index in [1.165, 1.54) is 18.2 Å². The van der Waals surface area contributed by atoms with E-state index < -0.39 is 34.3 Å². The number of phenols is 5. The van der Waals surface area contributed by atoms with Crippen LogP contribution >= 0.6 is 0 Å². The molecule has 0 saturated heterocycles. The molecular weight excluding hydrogens is 276 g/mol. The topological polar surface area (TPSA) is 118 Å². The van der Waals surface area contributed by atoms with Crippen molar-refractivity contribution in [1.82, 2.24) is 0 Å². The van der Waals surface area contributed by atoms with Crippen LogP contribution in [-0.2, 0) is 0 Å². The Hall–Kier alpha value is -3.15. The second-order valence-corrected chi connectivity index (χ2v) is 4.28. The lowest BCUT2D eigenvalue weighted by molar-refractivity contribution is 0.104. The predicted molar refractivity (Wildman–Crippen MR) is 74.6 cm³/mol. The fourth-order valence-electron chi connectivity index (χ4n) is 1.71. The zero-order valence-electron chi connectivity index (χ0n) is 10.7. The van der Waals surface area contributed by atoms with Crippen molar-refractivity contribution in [2.45, 2.75) is 0 Å². The van der Waals surface area contributed by atoms with E-state index in [9.17, 15) is 25.2 Å². The Bertz CT molecular complexity index is 716. The Morgan fingerprint density at radius 2 is 1.48 bits per heavy atom. The Morgan fingerprint density at radius 3 is 2.10 bits per heavy atom. The fraction of sp³-hybridized carbons (Fsp3) is 0. The summed E-state index contributed by atoms with van der Waals surface area (Å²) in [5.41, 5.74) is 0.100. The van der Waals surface area contributed by atoms with Crippen LogP contribution < -0.4 is 0 Å². The Labute approximate surface area is 119 Å². The number of hydrogen-bond donors (Lipinski definition) is 5. The molecule has 0 heterocycles. The SMILES string of the molecule is O=C(C=Cc1ccc(O)cc1)c1c(O)cc(O)c(O)c1O. The van der Waals surface area contributed by atoms with E-state index in [0.29, 0.717) is 5.56 Å². The summed E-state index contributed by atoms with van der Waals surface area (Å²) in [6, 6.07) is 6.76. The molecule has 0 aliphatic rings. The maximum absolute atomic E-state index is 11.9. The third-order valence-electron chi connectivity index (χ3n) is 2.80. The number of carbonyl (C=O) groups is 1. The summed E-state index contributed by atoms with van der Waals surface area (Å²) in [4.78, 5) is 11.9. The van der Waals surface area contributed by atoms with Gasteiger partial charge in [0.25, 0.3) is 0 Å². The minimum Gasteiger partial charge on any atom is -0.508 e. The van der Waals surface area contributed by atoms with Crippen molar-refractivity contribution in [2.24, 2.45) is 0 Å². The molecular formula is C15H12O6. The first-order valence-corrected chi connectivity index (χ1v) is 5.88. The first kappa shape index (κ1) is 14.3. The van der Waals surface area contributed by atoms with Crippen molar-refractivity contribution in [2.75, 3.05) is 0 Å². The van der Waals surface area contributed by atoms with Gasteiger partial charge in [-0.15, -0.1) is 0 Å². The Kier molecular flexibility index (Phi) is 3.71. The van der Waals surface area contributed by atoms with Gasteiger partial charge in [0.2, 0.25) is 5.75 Å². The molecule has 6 nitrogen and oxygen atoms in total. The van der Waals surface area contributed by atoms with Gasteiger partial charge in [-0.1, -0.05) is 18.2 Å². The highest BCUT2D eigenvalue weighted by atomic mass is 16.3. The molecule has 0 radical (unpaired) electrons. The van der Waals surface area contributed by atoms with Crippen LogP contribution in [0.25, 0.3) is 6.08 Å². The maximum atomic E-state index is 11.9. The normalized spacial score (nSPS) is 10.9. The summed E-state index contributed by atoms with van der Waals surface area (Å²) < 4.78 is 0. The lowest BCUT2D eigenvalue weighted by Crippen LogP contribution is -1.96. The Balaban J connectivity index is 2.33. The molecule has 0 unspecified atom stereocenters. The molecule has 2 aromatic carbocycles. The van der Waals surface area contributed by atoms with Gasteiger partial charge in [-0.2, -0.15) is 0 Å². The predicted octanol–water partition coefficient (Wildman–Crippen LogP) is 2.11. The molecule has 2 rings (SSSR count). The number of hydrogen-bond acceptors (Lipinski definition) is 6.